The summed E-state index contributed by atoms with van der Waals surface area (Å²) in [5.41, 5.74) is 4.13. The summed E-state index contributed by atoms with van der Waals surface area (Å²) >= 11 is 0. The molecule has 5 heteroatoms. The van der Waals surface area contributed by atoms with Crippen LogP contribution < -0.4 is 10.1 Å². The SMILES string of the molecule is Cc1ccc(OC(C)C(=O)NCc2cc(C3CC3)ncn2)c(C(C)(C)C)c1. The standard InChI is InChI=1S/C22H29N3O2/c1-14-6-9-20(18(10-14)22(3,4)5)27-15(2)21(26)23-12-17-11-19(16-7-8-16)25-13-24-17/h6,9-11,13,15-16H,7-8,12H2,1-5H3,(H,23,26). The number of rotatable bonds is 6. The summed E-state index contributed by atoms with van der Waals surface area (Å²) in [5.74, 6) is 1.18. The molecule has 1 saturated carbocycles. The lowest BCUT2D eigenvalue weighted by molar-refractivity contribution is -0.127. The molecule has 0 bridgehead atoms. The summed E-state index contributed by atoms with van der Waals surface area (Å²) in [6, 6.07) is 8.07. The number of aromatic nitrogens is 2. The van der Waals surface area contributed by atoms with Crippen molar-refractivity contribution >= 4 is 5.91 Å². The molecule has 27 heavy (non-hydrogen) atoms. The molecule has 1 heterocycles. The molecule has 1 aliphatic rings. The van der Waals surface area contributed by atoms with E-state index in [9.17, 15) is 4.79 Å². The highest BCUT2D eigenvalue weighted by atomic mass is 16.5. The van der Waals surface area contributed by atoms with E-state index in [0.29, 0.717) is 12.5 Å². The van der Waals surface area contributed by atoms with Crippen molar-refractivity contribution in [3.05, 3.63) is 53.1 Å². The molecule has 1 aliphatic carbocycles. The monoisotopic (exact) mass is 367 g/mol. The van der Waals surface area contributed by atoms with Crippen LogP contribution in [0.15, 0.2) is 30.6 Å². The highest BCUT2D eigenvalue weighted by molar-refractivity contribution is 5.80. The third-order valence-electron chi connectivity index (χ3n) is 4.80. The van der Waals surface area contributed by atoms with E-state index in [4.69, 9.17) is 4.74 Å². The normalized spacial score (nSPS) is 15.3. The fourth-order valence-corrected chi connectivity index (χ4v) is 3.01. The third kappa shape index (κ3) is 5.06. The molecule has 0 aliphatic heterocycles. The number of carbonyl (C=O) groups excluding carboxylic acids is 1. The number of aryl methyl sites for hydroxylation is 1. The molecule has 1 amide bonds. The van der Waals surface area contributed by atoms with Crippen LogP contribution in [-0.2, 0) is 16.8 Å². The van der Waals surface area contributed by atoms with Gasteiger partial charge in [-0.25, -0.2) is 9.97 Å². The summed E-state index contributed by atoms with van der Waals surface area (Å²) in [6.07, 6.45) is 3.39. The lowest BCUT2D eigenvalue weighted by Crippen LogP contribution is -2.36. The van der Waals surface area contributed by atoms with Gasteiger partial charge in [0.2, 0.25) is 0 Å². The fraction of sp³-hybridized carbons (Fsp3) is 0.500. The maximum atomic E-state index is 12.5. The largest absolute Gasteiger partial charge is 0.481 e. The molecule has 0 radical (unpaired) electrons. The molecule has 2 aromatic rings. The predicted octanol–water partition coefficient (Wildman–Crippen LogP) is 4.04. The Morgan fingerprint density at radius 3 is 2.67 bits per heavy atom. The maximum Gasteiger partial charge on any atom is 0.261 e. The van der Waals surface area contributed by atoms with Crippen molar-refractivity contribution in [2.45, 2.75) is 71.4 Å². The van der Waals surface area contributed by atoms with Crippen LogP contribution in [0, 0.1) is 6.92 Å². The summed E-state index contributed by atoms with van der Waals surface area (Å²) in [6.45, 7) is 10.7. The Balaban J connectivity index is 1.62. The predicted molar refractivity (Wildman–Crippen MR) is 106 cm³/mol. The first-order valence-corrected chi connectivity index (χ1v) is 9.60. The molecule has 0 saturated heterocycles. The molecule has 1 aromatic carbocycles. The topological polar surface area (TPSA) is 64.1 Å². The van der Waals surface area contributed by atoms with Crippen molar-refractivity contribution in [1.82, 2.24) is 15.3 Å². The molecule has 3 rings (SSSR count). The van der Waals surface area contributed by atoms with Gasteiger partial charge in [0, 0.05) is 11.6 Å². The van der Waals surface area contributed by atoms with Crippen LogP contribution in [0.4, 0.5) is 0 Å². The lowest BCUT2D eigenvalue weighted by Gasteiger charge is -2.25. The summed E-state index contributed by atoms with van der Waals surface area (Å²) in [4.78, 5) is 21.1. The zero-order chi connectivity index (χ0) is 19.6. The van der Waals surface area contributed by atoms with Crippen molar-refractivity contribution in [1.29, 1.82) is 0 Å². The van der Waals surface area contributed by atoms with Crippen LogP contribution in [0.25, 0.3) is 0 Å². The lowest BCUT2D eigenvalue weighted by atomic mass is 9.85. The second-order valence-corrected chi connectivity index (χ2v) is 8.44. The van der Waals surface area contributed by atoms with Crippen LogP contribution in [-0.4, -0.2) is 22.0 Å². The first-order valence-electron chi connectivity index (χ1n) is 9.60. The number of nitrogens with zero attached hydrogens (tertiary/aromatic N) is 2. The number of benzene rings is 1. The van der Waals surface area contributed by atoms with E-state index in [1.54, 1.807) is 13.3 Å². The summed E-state index contributed by atoms with van der Waals surface area (Å²) < 4.78 is 6.00. The number of hydrogen-bond donors (Lipinski definition) is 1. The zero-order valence-electron chi connectivity index (χ0n) is 16.9. The third-order valence-corrected chi connectivity index (χ3v) is 4.80. The van der Waals surface area contributed by atoms with E-state index in [0.717, 1.165) is 22.7 Å². The van der Waals surface area contributed by atoms with Crippen molar-refractivity contribution < 1.29 is 9.53 Å². The van der Waals surface area contributed by atoms with Crippen LogP contribution in [0.1, 0.15) is 69.0 Å². The van der Waals surface area contributed by atoms with Gasteiger partial charge in [0.1, 0.15) is 12.1 Å². The highest BCUT2D eigenvalue weighted by Crippen LogP contribution is 2.38. The van der Waals surface area contributed by atoms with Gasteiger partial charge in [-0.2, -0.15) is 0 Å². The second kappa shape index (κ2) is 7.67. The van der Waals surface area contributed by atoms with Crippen molar-refractivity contribution in [2.75, 3.05) is 0 Å². The Morgan fingerprint density at radius 1 is 1.26 bits per heavy atom. The van der Waals surface area contributed by atoms with E-state index < -0.39 is 6.10 Å². The molecule has 1 N–H and O–H groups in total. The smallest absolute Gasteiger partial charge is 0.261 e. The Labute approximate surface area is 161 Å². The maximum absolute atomic E-state index is 12.5. The number of hydrogen-bond acceptors (Lipinski definition) is 4. The molecule has 1 unspecified atom stereocenters. The van der Waals surface area contributed by atoms with Gasteiger partial charge >= 0.3 is 0 Å². The second-order valence-electron chi connectivity index (χ2n) is 8.44. The fourth-order valence-electron chi connectivity index (χ4n) is 3.01. The zero-order valence-corrected chi connectivity index (χ0v) is 16.9. The number of ether oxygens (including phenoxy) is 1. The Morgan fingerprint density at radius 2 is 2.00 bits per heavy atom. The van der Waals surface area contributed by atoms with Crippen LogP contribution >= 0.6 is 0 Å². The molecule has 1 atom stereocenters. The summed E-state index contributed by atoms with van der Waals surface area (Å²) in [5, 5.41) is 2.92. The van der Waals surface area contributed by atoms with Crippen LogP contribution in [0.5, 0.6) is 5.75 Å². The number of carbonyl (C=O) groups is 1. The van der Waals surface area contributed by atoms with Crippen LogP contribution in [0.2, 0.25) is 0 Å². The van der Waals surface area contributed by atoms with Crippen molar-refractivity contribution in [3.63, 3.8) is 0 Å². The molecule has 0 spiro atoms. The minimum Gasteiger partial charge on any atom is -0.481 e. The van der Waals surface area contributed by atoms with Gasteiger partial charge in [0.25, 0.3) is 5.91 Å². The van der Waals surface area contributed by atoms with Crippen LogP contribution in [0.3, 0.4) is 0 Å². The Bertz CT molecular complexity index is 823. The van der Waals surface area contributed by atoms with Gasteiger partial charge in [-0.15, -0.1) is 0 Å². The number of amides is 1. The van der Waals surface area contributed by atoms with E-state index in [2.05, 4.69) is 49.0 Å². The van der Waals surface area contributed by atoms with E-state index in [1.807, 2.05) is 18.2 Å². The quantitative estimate of drug-likeness (QED) is 0.837. The van der Waals surface area contributed by atoms with Gasteiger partial charge in [0.05, 0.1) is 12.2 Å². The number of nitrogens with one attached hydrogen (secondary N) is 1. The molecular weight excluding hydrogens is 338 g/mol. The minimum atomic E-state index is -0.585. The van der Waals surface area contributed by atoms with Gasteiger partial charge in [-0.1, -0.05) is 38.5 Å². The molecule has 144 valence electrons. The Kier molecular flexibility index (Phi) is 5.49. The van der Waals surface area contributed by atoms with Gasteiger partial charge in [-0.05, 0) is 49.8 Å². The highest BCUT2D eigenvalue weighted by Gasteiger charge is 2.25. The van der Waals surface area contributed by atoms with Crippen molar-refractivity contribution in [3.8, 4) is 5.75 Å². The van der Waals surface area contributed by atoms with E-state index >= 15 is 0 Å². The molecular formula is C22H29N3O2. The first-order chi connectivity index (χ1) is 12.7. The van der Waals surface area contributed by atoms with E-state index in [-0.39, 0.29) is 11.3 Å². The molecule has 1 aromatic heterocycles. The van der Waals surface area contributed by atoms with E-state index in [1.165, 1.54) is 18.4 Å². The minimum absolute atomic E-state index is 0.0578. The van der Waals surface area contributed by atoms with Gasteiger partial charge in [-0.3, -0.25) is 4.79 Å². The van der Waals surface area contributed by atoms with Gasteiger partial charge < -0.3 is 10.1 Å². The summed E-state index contributed by atoms with van der Waals surface area (Å²) in [7, 11) is 0. The molecule has 5 nitrogen and oxygen atoms in total. The average Bonchev–Trinajstić information content (AvgIpc) is 3.45. The van der Waals surface area contributed by atoms with Gasteiger partial charge in [0.15, 0.2) is 6.10 Å². The van der Waals surface area contributed by atoms with Crippen molar-refractivity contribution in [2.24, 2.45) is 0 Å². The average molecular weight is 367 g/mol. The molecule has 1 fully saturated rings. The Hall–Kier alpha value is -2.43. The first kappa shape index (κ1) is 19.3.